The molecule has 162 valence electrons. The molecule has 0 radical (unpaired) electrons. The maximum Gasteiger partial charge on any atom is 0.253 e. The number of aromatic nitrogens is 3. The van der Waals surface area contributed by atoms with Crippen LogP contribution in [-0.2, 0) is 4.74 Å². The van der Waals surface area contributed by atoms with Crippen molar-refractivity contribution in [1.82, 2.24) is 19.9 Å². The summed E-state index contributed by atoms with van der Waals surface area (Å²) in [5.41, 5.74) is 2.39. The van der Waals surface area contributed by atoms with Gasteiger partial charge in [0.05, 0.1) is 29.6 Å². The van der Waals surface area contributed by atoms with E-state index in [9.17, 15) is 4.79 Å². The summed E-state index contributed by atoms with van der Waals surface area (Å²) in [5, 5.41) is 0. The number of likely N-dealkylation sites (tertiary alicyclic amines) is 1. The summed E-state index contributed by atoms with van der Waals surface area (Å²) in [6, 6.07) is 9.44. The Morgan fingerprint density at radius 1 is 1.23 bits per heavy atom. The number of pyridine rings is 1. The van der Waals surface area contributed by atoms with Crippen molar-refractivity contribution >= 4 is 16.9 Å². The Balaban J connectivity index is 1.14. The number of hydrogen-bond acceptors (Lipinski definition) is 5. The lowest BCUT2D eigenvalue weighted by atomic mass is 9.78. The monoisotopic (exact) mass is 420 g/mol. The molecule has 1 N–H and O–H groups in total. The number of carbonyl (C=O) groups excluding carboxylic acids is 1. The number of imidazole rings is 1. The number of ether oxygens (including phenoxy) is 2. The van der Waals surface area contributed by atoms with E-state index in [0.717, 1.165) is 68.6 Å². The fourth-order valence-corrected chi connectivity index (χ4v) is 4.87. The second kappa shape index (κ2) is 8.67. The predicted molar refractivity (Wildman–Crippen MR) is 117 cm³/mol. The van der Waals surface area contributed by atoms with E-state index in [2.05, 4.69) is 15.0 Å². The summed E-state index contributed by atoms with van der Waals surface area (Å²) < 4.78 is 12.1. The second-order valence-electron chi connectivity index (χ2n) is 8.64. The molecule has 2 fully saturated rings. The number of carbonyl (C=O) groups is 1. The van der Waals surface area contributed by atoms with Gasteiger partial charge in [0.1, 0.15) is 5.75 Å². The van der Waals surface area contributed by atoms with Crippen molar-refractivity contribution in [3.8, 4) is 5.75 Å². The molecule has 7 nitrogen and oxygen atoms in total. The lowest BCUT2D eigenvalue weighted by Crippen LogP contribution is -2.50. The first-order chi connectivity index (χ1) is 15.2. The Morgan fingerprint density at radius 3 is 2.90 bits per heavy atom. The van der Waals surface area contributed by atoms with Crippen molar-refractivity contribution < 1.29 is 14.3 Å². The van der Waals surface area contributed by atoms with Gasteiger partial charge in [-0.1, -0.05) is 0 Å². The molecule has 1 atom stereocenters. The molecule has 1 unspecified atom stereocenters. The van der Waals surface area contributed by atoms with Crippen molar-refractivity contribution in [3.63, 3.8) is 0 Å². The van der Waals surface area contributed by atoms with Gasteiger partial charge >= 0.3 is 0 Å². The van der Waals surface area contributed by atoms with Crippen LogP contribution in [0.4, 0.5) is 0 Å². The summed E-state index contributed by atoms with van der Waals surface area (Å²) in [6.45, 7) is 2.98. The number of rotatable bonds is 5. The van der Waals surface area contributed by atoms with Gasteiger partial charge in [-0.25, -0.2) is 4.98 Å². The number of nitrogens with zero attached hydrogens (tertiary/aromatic N) is 3. The Labute approximate surface area is 181 Å². The number of benzene rings is 1. The summed E-state index contributed by atoms with van der Waals surface area (Å²) in [5.74, 6) is 1.56. The smallest absolute Gasteiger partial charge is 0.253 e. The number of piperidine rings is 1. The minimum atomic E-state index is -0.0936. The summed E-state index contributed by atoms with van der Waals surface area (Å²) >= 11 is 0. The zero-order valence-electron chi connectivity index (χ0n) is 17.6. The fourth-order valence-electron chi connectivity index (χ4n) is 4.87. The third-order valence-corrected chi connectivity index (χ3v) is 6.67. The number of nitrogens with one attached hydrogen (secondary N) is 1. The van der Waals surface area contributed by atoms with Crippen LogP contribution in [0.3, 0.4) is 0 Å². The van der Waals surface area contributed by atoms with Gasteiger partial charge in [-0.05, 0) is 68.4 Å². The van der Waals surface area contributed by atoms with Gasteiger partial charge in [-0.3, -0.25) is 9.78 Å². The van der Waals surface area contributed by atoms with Gasteiger partial charge in [0.15, 0.2) is 0 Å². The molecule has 3 aromatic rings. The summed E-state index contributed by atoms with van der Waals surface area (Å²) in [4.78, 5) is 26.3. The number of fused-ring (bicyclic) bond motifs is 1. The van der Waals surface area contributed by atoms with Gasteiger partial charge in [-0.15, -0.1) is 0 Å². The van der Waals surface area contributed by atoms with Gasteiger partial charge < -0.3 is 19.4 Å². The van der Waals surface area contributed by atoms with Crippen molar-refractivity contribution in [2.45, 2.75) is 37.7 Å². The molecule has 31 heavy (non-hydrogen) atoms. The molecular formula is C24H28N4O3. The van der Waals surface area contributed by atoms with E-state index in [4.69, 9.17) is 9.47 Å². The minimum absolute atomic E-state index is 0.0875. The highest BCUT2D eigenvalue weighted by molar-refractivity contribution is 5.97. The maximum absolute atomic E-state index is 13.0. The third kappa shape index (κ3) is 4.42. The normalized spacial score (nSPS) is 20.8. The number of amides is 1. The molecule has 2 aliphatic heterocycles. The first kappa shape index (κ1) is 20.0. The van der Waals surface area contributed by atoms with Crippen LogP contribution in [0, 0.1) is 5.92 Å². The van der Waals surface area contributed by atoms with Crippen LogP contribution in [0.5, 0.6) is 5.75 Å². The Hall–Kier alpha value is -2.93. The zero-order valence-corrected chi connectivity index (χ0v) is 17.6. The molecular weight excluding hydrogens is 392 g/mol. The molecule has 0 bridgehead atoms. The SMILES string of the molecule is O=C(c1ccc2nc[nH]c2c1)N1CCC2(CC1)CC(CCOc1ccncc1)CCO2. The van der Waals surface area contributed by atoms with E-state index >= 15 is 0 Å². The van der Waals surface area contributed by atoms with Crippen molar-refractivity contribution in [2.24, 2.45) is 5.92 Å². The molecule has 2 saturated heterocycles. The number of H-pyrrole nitrogens is 1. The first-order valence-electron chi connectivity index (χ1n) is 11.1. The van der Waals surface area contributed by atoms with Crippen LogP contribution in [-0.4, -0.2) is 57.7 Å². The predicted octanol–water partition coefficient (Wildman–Crippen LogP) is 3.83. The van der Waals surface area contributed by atoms with Gasteiger partial charge in [-0.2, -0.15) is 0 Å². The average molecular weight is 421 g/mol. The van der Waals surface area contributed by atoms with E-state index in [1.54, 1.807) is 18.7 Å². The summed E-state index contributed by atoms with van der Waals surface area (Å²) in [6.07, 6.45) is 10.1. The maximum atomic E-state index is 13.0. The molecule has 2 aliphatic rings. The van der Waals surface area contributed by atoms with E-state index in [1.807, 2.05) is 35.2 Å². The highest BCUT2D eigenvalue weighted by Gasteiger charge is 2.41. The van der Waals surface area contributed by atoms with Crippen LogP contribution in [0.25, 0.3) is 11.0 Å². The largest absolute Gasteiger partial charge is 0.493 e. The molecule has 7 heteroatoms. The molecule has 0 saturated carbocycles. The quantitative estimate of drug-likeness (QED) is 0.679. The first-order valence-corrected chi connectivity index (χ1v) is 11.1. The van der Waals surface area contributed by atoms with E-state index in [0.29, 0.717) is 18.1 Å². The van der Waals surface area contributed by atoms with Gasteiger partial charge in [0, 0.05) is 37.7 Å². The number of aromatic amines is 1. The highest BCUT2D eigenvalue weighted by Crippen LogP contribution is 2.39. The molecule has 1 amide bonds. The van der Waals surface area contributed by atoms with Crippen molar-refractivity contribution in [3.05, 3.63) is 54.6 Å². The minimum Gasteiger partial charge on any atom is -0.493 e. The summed E-state index contributed by atoms with van der Waals surface area (Å²) in [7, 11) is 0. The molecule has 1 spiro atoms. The van der Waals surface area contributed by atoms with Crippen LogP contribution >= 0.6 is 0 Å². The lowest BCUT2D eigenvalue weighted by molar-refractivity contribution is -0.125. The molecule has 2 aromatic heterocycles. The van der Waals surface area contributed by atoms with E-state index in [1.165, 1.54) is 0 Å². The fraction of sp³-hybridized carbons (Fsp3) is 0.458. The lowest BCUT2D eigenvalue weighted by Gasteiger charge is -2.46. The topological polar surface area (TPSA) is 80.3 Å². The van der Waals surface area contributed by atoms with Crippen LogP contribution in [0.15, 0.2) is 49.1 Å². The molecule has 5 rings (SSSR count). The average Bonchev–Trinajstić information content (AvgIpc) is 3.28. The molecule has 1 aromatic carbocycles. The molecule has 4 heterocycles. The zero-order chi connectivity index (χ0) is 21.1. The molecule has 0 aliphatic carbocycles. The van der Waals surface area contributed by atoms with Crippen LogP contribution in [0.2, 0.25) is 0 Å². The van der Waals surface area contributed by atoms with Crippen molar-refractivity contribution in [2.75, 3.05) is 26.3 Å². The third-order valence-electron chi connectivity index (χ3n) is 6.67. The van der Waals surface area contributed by atoms with Crippen molar-refractivity contribution in [1.29, 1.82) is 0 Å². The Bertz CT molecular complexity index is 1030. The van der Waals surface area contributed by atoms with E-state index < -0.39 is 0 Å². The van der Waals surface area contributed by atoms with Gasteiger partial charge in [0.25, 0.3) is 5.91 Å². The number of hydrogen-bond donors (Lipinski definition) is 1. The van der Waals surface area contributed by atoms with Crippen LogP contribution < -0.4 is 4.74 Å². The Kier molecular flexibility index (Phi) is 5.59. The highest BCUT2D eigenvalue weighted by atomic mass is 16.5. The van der Waals surface area contributed by atoms with Crippen LogP contribution in [0.1, 0.15) is 42.5 Å². The standard InChI is InChI=1S/C24H28N4O3/c29-23(19-1-2-21-22(15-19)27-17-26-21)28-11-7-24(8-12-28)16-18(6-14-31-24)5-13-30-20-3-9-25-10-4-20/h1-4,9-10,15,17-18H,5-8,11-14,16H2,(H,26,27). The second-order valence-corrected chi connectivity index (χ2v) is 8.64. The van der Waals surface area contributed by atoms with Gasteiger partial charge in [0.2, 0.25) is 0 Å². The van der Waals surface area contributed by atoms with E-state index in [-0.39, 0.29) is 11.5 Å². The Morgan fingerprint density at radius 2 is 2.06 bits per heavy atom.